The van der Waals surface area contributed by atoms with Gasteiger partial charge in [0.15, 0.2) is 0 Å². The van der Waals surface area contributed by atoms with Crippen molar-refractivity contribution in [3.63, 3.8) is 0 Å². The maximum atomic E-state index is 11.3. The average molecular weight is 222 g/mol. The molecule has 5 heteroatoms. The summed E-state index contributed by atoms with van der Waals surface area (Å²) in [5.74, 6) is -1.25. The van der Waals surface area contributed by atoms with Crippen molar-refractivity contribution in [1.29, 1.82) is 0 Å². The highest BCUT2D eigenvalue weighted by Gasteiger charge is 2.11. The molecule has 0 aliphatic carbocycles. The zero-order chi connectivity index (χ0) is 12.0. The van der Waals surface area contributed by atoms with Gasteiger partial charge >= 0.3 is 5.97 Å². The van der Waals surface area contributed by atoms with E-state index in [1.807, 2.05) is 12.1 Å². The third kappa shape index (κ3) is 4.08. The first-order valence-corrected chi connectivity index (χ1v) is 5.01. The normalized spacial score (nSPS) is 11.8. The van der Waals surface area contributed by atoms with Crippen molar-refractivity contribution in [2.24, 2.45) is 0 Å². The highest BCUT2D eigenvalue weighted by molar-refractivity contribution is 5.80. The van der Waals surface area contributed by atoms with Crippen LogP contribution in [-0.2, 0) is 9.59 Å². The van der Waals surface area contributed by atoms with E-state index in [4.69, 9.17) is 5.11 Å². The number of aromatic nitrogens is 1. The summed E-state index contributed by atoms with van der Waals surface area (Å²) in [5.41, 5.74) is 0.756. The van der Waals surface area contributed by atoms with E-state index < -0.39 is 5.97 Å². The van der Waals surface area contributed by atoms with Crippen LogP contribution in [-0.4, -0.2) is 22.0 Å². The van der Waals surface area contributed by atoms with Crippen molar-refractivity contribution < 1.29 is 14.7 Å². The second-order valence-electron chi connectivity index (χ2n) is 3.44. The van der Waals surface area contributed by atoms with Gasteiger partial charge in [-0.3, -0.25) is 14.6 Å². The van der Waals surface area contributed by atoms with Gasteiger partial charge in [0.1, 0.15) is 0 Å². The van der Waals surface area contributed by atoms with E-state index in [1.165, 1.54) is 0 Å². The number of hydrogen-bond donors (Lipinski definition) is 2. The predicted octanol–water partition coefficient (Wildman–Crippen LogP) is 1.12. The summed E-state index contributed by atoms with van der Waals surface area (Å²) in [7, 11) is 0. The molecule has 1 unspecified atom stereocenters. The van der Waals surface area contributed by atoms with E-state index in [1.54, 1.807) is 19.2 Å². The number of pyridine rings is 1. The maximum absolute atomic E-state index is 11.3. The van der Waals surface area contributed by atoms with Crippen molar-refractivity contribution >= 4 is 11.9 Å². The number of nitrogens with one attached hydrogen (secondary N) is 1. The monoisotopic (exact) mass is 222 g/mol. The van der Waals surface area contributed by atoms with Gasteiger partial charge in [0.25, 0.3) is 0 Å². The minimum Gasteiger partial charge on any atom is -0.481 e. The molecule has 0 spiro atoms. The lowest BCUT2D eigenvalue weighted by Gasteiger charge is -2.12. The Balaban J connectivity index is 2.43. The van der Waals surface area contributed by atoms with Crippen LogP contribution >= 0.6 is 0 Å². The molecule has 16 heavy (non-hydrogen) atoms. The van der Waals surface area contributed by atoms with Crippen LogP contribution in [0.1, 0.15) is 31.5 Å². The number of nitrogens with zero attached hydrogens (tertiary/aromatic N) is 1. The molecule has 1 atom stereocenters. The van der Waals surface area contributed by atoms with Crippen LogP contribution in [0.4, 0.5) is 0 Å². The Morgan fingerprint density at radius 1 is 1.44 bits per heavy atom. The molecular formula is C11H14N2O3. The molecule has 0 saturated carbocycles. The lowest BCUT2D eigenvalue weighted by Crippen LogP contribution is -2.27. The van der Waals surface area contributed by atoms with E-state index in [9.17, 15) is 9.59 Å². The van der Waals surface area contributed by atoms with Gasteiger partial charge in [-0.2, -0.15) is 0 Å². The second-order valence-corrected chi connectivity index (χ2v) is 3.44. The number of carboxylic acids is 1. The molecule has 0 bridgehead atoms. The van der Waals surface area contributed by atoms with Crippen LogP contribution in [0.15, 0.2) is 24.4 Å². The Morgan fingerprint density at radius 3 is 2.75 bits per heavy atom. The van der Waals surface area contributed by atoms with Crippen LogP contribution in [0.3, 0.4) is 0 Å². The van der Waals surface area contributed by atoms with Crippen molar-refractivity contribution in [3.8, 4) is 0 Å². The van der Waals surface area contributed by atoms with Crippen molar-refractivity contribution in [3.05, 3.63) is 30.1 Å². The molecule has 1 heterocycles. The molecule has 0 aliphatic heterocycles. The van der Waals surface area contributed by atoms with Gasteiger partial charge in [-0.05, 0) is 19.1 Å². The van der Waals surface area contributed by atoms with Gasteiger partial charge in [-0.1, -0.05) is 6.07 Å². The van der Waals surface area contributed by atoms with E-state index in [-0.39, 0.29) is 24.8 Å². The summed E-state index contributed by atoms with van der Waals surface area (Å²) >= 11 is 0. The van der Waals surface area contributed by atoms with E-state index in [2.05, 4.69) is 10.3 Å². The van der Waals surface area contributed by atoms with Gasteiger partial charge in [0, 0.05) is 12.6 Å². The molecule has 1 rings (SSSR count). The van der Waals surface area contributed by atoms with E-state index in [0.717, 1.165) is 5.69 Å². The van der Waals surface area contributed by atoms with Gasteiger partial charge in [0.05, 0.1) is 18.2 Å². The molecule has 1 amide bonds. The Bertz CT molecular complexity index is 365. The molecule has 0 saturated heterocycles. The van der Waals surface area contributed by atoms with E-state index in [0.29, 0.717) is 0 Å². The van der Waals surface area contributed by atoms with Crippen LogP contribution in [0, 0.1) is 0 Å². The largest absolute Gasteiger partial charge is 0.481 e. The number of carboxylic acid groups (broad SMARTS) is 1. The summed E-state index contributed by atoms with van der Waals surface area (Å²) in [6, 6.07) is 5.23. The molecular weight excluding hydrogens is 208 g/mol. The van der Waals surface area contributed by atoms with Gasteiger partial charge < -0.3 is 10.4 Å². The number of carbonyl (C=O) groups is 2. The van der Waals surface area contributed by atoms with Crippen molar-refractivity contribution in [2.75, 3.05) is 0 Å². The molecule has 86 valence electrons. The van der Waals surface area contributed by atoms with E-state index >= 15 is 0 Å². The Morgan fingerprint density at radius 2 is 2.19 bits per heavy atom. The molecule has 1 aromatic heterocycles. The Hall–Kier alpha value is -1.91. The van der Waals surface area contributed by atoms with Crippen molar-refractivity contribution in [1.82, 2.24) is 10.3 Å². The molecule has 0 fully saturated rings. The van der Waals surface area contributed by atoms with Crippen LogP contribution in [0.2, 0.25) is 0 Å². The SMILES string of the molecule is CC(NC(=O)CCC(=O)O)c1ccccn1. The standard InChI is InChI=1S/C11H14N2O3/c1-8(9-4-2-3-7-12-9)13-10(14)5-6-11(15)16/h2-4,7-8H,5-6H2,1H3,(H,13,14)(H,15,16). The van der Waals surface area contributed by atoms with Gasteiger partial charge in [-0.25, -0.2) is 0 Å². The maximum Gasteiger partial charge on any atom is 0.303 e. The fraction of sp³-hybridized carbons (Fsp3) is 0.364. The zero-order valence-corrected chi connectivity index (χ0v) is 9.01. The number of hydrogen-bond acceptors (Lipinski definition) is 3. The minimum atomic E-state index is -0.972. The highest BCUT2D eigenvalue weighted by atomic mass is 16.4. The van der Waals surface area contributed by atoms with Crippen molar-refractivity contribution in [2.45, 2.75) is 25.8 Å². The lowest BCUT2D eigenvalue weighted by atomic mass is 10.2. The third-order valence-corrected chi connectivity index (χ3v) is 2.07. The first kappa shape index (κ1) is 12.2. The summed E-state index contributed by atoms with van der Waals surface area (Å²) in [6.07, 6.45) is 1.49. The number of aliphatic carboxylic acids is 1. The molecule has 0 radical (unpaired) electrons. The fourth-order valence-electron chi connectivity index (χ4n) is 1.24. The number of amides is 1. The number of carbonyl (C=O) groups excluding carboxylic acids is 1. The zero-order valence-electron chi connectivity index (χ0n) is 9.01. The van der Waals surface area contributed by atoms with Crippen LogP contribution in [0.25, 0.3) is 0 Å². The molecule has 1 aromatic rings. The summed E-state index contributed by atoms with van der Waals surface area (Å²) in [4.78, 5) is 25.7. The lowest BCUT2D eigenvalue weighted by molar-refractivity contribution is -0.138. The summed E-state index contributed by atoms with van der Waals surface area (Å²) in [5, 5.41) is 11.1. The average Bonchev–Trinajstić information content (AvgIpc) is 2.27. The first-order chi connectivity index (χ1) is 7.59. The Kier molecular flexibility index (Phi) is 4.44. The van der Waals surface area contributed by atoms with Crippen LogP contribution < -0.4 is 5.32 Å². The second kappa shape index (κ2) is 5.85. The molecule has 2 N–H and O–H groups in total. The quantitative estimate of drug-likeness (QED) is 0.782. The molecule has 5 nitrogen and oxygen atoms in total. The summed E-state index contributed by atoms with van der Waals surface area (Å²) < 4.78 is 0. The first-order valence-electron chi connectivity index (χ1n) is 5.01. The highest BCUT2D eigenvalue weighted by Crippen LogP contribution is 2.08. The topological polar surface area (TPSA) is 79.3 Å². The molecule has 0 aromatic carbocycles. The molecule has 0 aliphatic rings. The predicted molar refractivity (Wildman–Crippen MR) is 57.7 cm³/mol. The van der Waals surface area contributed by atoms with Gasteiger partial charge in [0.2, 0.25) is 5.91 Å². The smallest absolute Gasteiger partial charge is 0.303 e. The Labute approximate surface area is 93.5 Å². The summed E-state index contributed by atoms with van der Waals surface area (Å²) in [6.45, 7) is 1.81. The van der Waals surface area contributed by atoms with Gasteiger partial charge in [-0.15, -0.1) is 0 Å². The number of rotatable bonds is 5. The minimum absolute atomic E-state index is 0.00743. The fourth-order valence-corrected chi connectivity index (χ4v) is 1.24. The van der Waals surface area contributed by atoms with Crippen LogP contribution in [0.5, 0.6) is 0 Å². The third-order valence-electron chi connectivity index (χ3n) is 2.07.